The highest BCUT2D eigenvalue weighted by molar-refractivity contribution is 5.46. The molecule has 0 aliphatic heterocycles. The van der Waals surface area contributed by atoms with Gasteiger partial charge < -0.3 is 11.1 Å². The molecule has 1 heterocycles. The van der Waals surface area contributed by atoms with Gasteiger partial charge in [-0.3, -0.25) is 4.79 Å². The third-order valence-corrected chi connectivity index (χ3v) is 1.59. The lowest BCUT2D eigenvalue weighted by Gasteiger charge is -2.03. The second kappa shape index (κ2) is 3.71. The minimum atomic E-state index is 0.502. The van der Waals surface area contributed by atoms with Crippen LogP contribution in [0.5, 0.6) is 0 Å². The van der Waals surface area contributed by atoms with Gasteiger partial charge in [0.2, 0.25) is 6.41 Å². The van der Waals surface area contributed by atoms with Crippen LogP contribution < -0.4 is 11.1 Å². The molecule has 1 rings (SSSR count). The van der Waals surface area contributed by atoms with E-state index in [-0.39, 0.29) is 0 Å². The molecule has 0 atom stereocenters. The number of nitrogens with zero attached hydrogens (tertiary/aromatic N) is 1. The topological polar surface area (TPSA) is 68.0 Å². The predicted molar refractivity (Wildman–Crippen MR) is 46.3 cm³/mol. The summed E-state index contributed by atoms with van der Waals surface area (Å²) in [5, 5.41) is 2.56. The molecule has 0 aromatic carbocycles. The summed E-state index contributed by atoms with van der Waals surface area (Å²) >= 11 is 0. The number of carbonyl (C=O) groups excluding carboxylic acids is 1. The van der Waals surface area contributed by atoms with Gasteiger partial charge in [-0.2, -0.15) is 0 Å². The van der Waals surface area contributed by atoms with E-state index in [9.17, 15) is 4.79 Å². The van der Waals surface area contributed by atoms with Crippen LogP contribution >= 0.6 is 0 Å². The lowest BCUT2D eigenvalue weighted by molar-refractivity contribution is -0.109. The van der Waals surface area contributed by atoms with Crippen molar-refractivity contribution in [3.05, 3.63) is 23.4 Å². The molecule has 1 aromatic rings. The van der Waals surface area contributed by atoms with E-state index in [1.807, 2.05) is 13.0 Å². The molecule has 0 unspecified atom stereocenters. The summed E-state index contributed by atoms with van der Waals surface area (Å²) in [5.41, 5.74) is 7.29. The van der Waals surface area contributed by atoms with Crippen LogP contribution in [0.1, 0.15) is 11.3 Å². The van der Waals surface area contributed by atoms with Gasteiger partial charge in [0.15, 0.2) is 0 Å². The summed E-state index contributed by atoms with van der Waals surface area (Å²) in [6.45, 7) is 2.36. The maximum atomic E-state index is 10.0. The van der Waals surface area contributed by atoms with Crippen LogP contribution in [0.2, 0.25) is 0 Å². The summed E-state index contributed by atoms with van der Waals surface area (Å²) in [5.74, 6) is 0.502. The molecular formula is C8H11N3O. The Balaban J connectivity index is 2.78. The van der Waals surface area contributed by atoms with E-state index in [0.717, 1.165) is 11.3 Å². The lowest BCUT2D eigenvalue weighted by Crippen LogP contribution is -2.11. The van der Waals surface area contributed by atoms with Crippen molar-refractivity contribution in [1.29, 1.82) is 0 Å². The lowest BCUT2D eigenvalue weighted by atomic mass is 10.2. The third kappa shape index (κ3) is 1.95. The number of aryl methyl sites for hydroxylation is 1. The van der Waals surface area contributed by atoms with Gasteiger partial charge in [0, 0.05) is 12.2 Å². The summed E-state index contributed by atoms with van der Waals surface area (Å²) in [6.07, 6.45) is 0.662. The number of pyridine rings is 1. The predicted octanol–water partition coefficient (Wildman–Crippen LogP) is 0.218. The Hall–Kier alpha value is -1.58. The Morgan fingerprint density at radius 2 is 2.42 bits per heavy atom. The number of nitrogen functional groups attached to an aromatic ring is 1. The van der Waals surface area contributed by atoms with Crippen molar-refractivity contribution in [3.63, 3.8) is 0 Å². The van der Waals surface area contributed by atoms with Crippen molar-refractivity contribution in [1.82, 2.24) is 10.3 Å². The van der Waals surface area contributed by atoms with Crippen molar-refractivity contribution >= 4 is 12.2 Å². The fourth-order valence-corrected chi connectivity index (χ4v) is 0.948. The highest BCUT2D eigenvalue weighted by Crippen LogP contribution is 2.06. The molecule has 0 aliphatic carbocycles. The second-order valence-electron chi connectivity index (χ2n) is 2.48. The first-order valence-corrected chi connectivity index (χ1v) is 3.63. The van der Waals surface area contributed by atoms with Crippen LogP contribution in [-0.4, -0.2) is 11.4 Å². The van der Waals surface area contributed by atoms with Crippen molar-refractivity contribution in [2.75, 3.05) is 5.73 Å². The Morgan fingerprint density at radius 1 is 1.67 bits per heavy atom. The first-order chi connectivity index (χ1) is 5.74. The zero-order valence-electron chi connectivity index (χ0n) is 6.87. The average molecular weight is 165 g/mol. The number of rotatable bonds is 3. The van der Waals surface area contributed by atoms with Crippen LogP contribution in [0.3, 0.4) is 0 Å². The number of nitrogens with one attached hydrogen (secondary N) is 1. The standard InChI is InChI=1S/C8H11N3O/c1-6-7(4-10-5-12)2-3-8(9)11-6/h2-3,5H,4H2,1H3,(H2,9,11)(H,10,12). The van der Waals surface area contributed by atoms with Crippen LogP contribution in [0.25, 0.3) is 0 Å². The van der Waals surface area contributed by atoms with Gasteiger partial charge in [-0.15, -0.1) is 0 Å². The van der Waals surface area contributed by atoms with Gasteiger partial charge in [0.05, 0.1) is 0 Å². The maximum absolute atomic E-state index is 10.0. The molecular weight excluding hydrogens is 154 g/mol. The first kappa shape index (κ1) is 8.52. The summed E-state index contributed by atoms with van der Waals surface area (Å²) in [4.78, 5) is 14.0. The van der Waals surface area contributed by atoms with Crippen LogP contribution in [0, 0.1) is 6.92 Å². The number of hydrogen-bond donors (Lipinski definition) is 2. The molecule has 64 valence electrons. The van der Waals surface area contributed by atoms with E-state index in [0.29, 0.717) is 18.8 Å². The molecule has 0 spiro atoms. The molecule has 12 heavy (non-hydrogen) atoms. The monoisotopic (exact) mass is 165 g/mol. The minimum Gasteiger partial charge on any atom is -0.384 e. The molecule has 3 N–H and O–H groups in total. The number of carbonyl (C=O) groups is 1. The minimum absolute atomic E-state index is 0.502. The Bertz CT molecular complexity index is 286. The fourth-order valence-electron chi connectivity index (χ4n) is 0.948. The Labute approximate surface area is 70.8 Å². The van der Waals surface area contributed by atoms with Crippen LogP contribution in [-0.2, 0) is 11.3 Å². The number of aromatic nitrogens is 1. The molecule has 1 aromatic heterocycles. The highest BCUT2D eigenvalue weighted by Gasteiger charge is 1.98. The largest absolute Gasteiger partial charge is 0.384 e. The van der Waals surface area contributed by atoms with E-state index in [2.05, 4.69) is 10.3 Å². The van der Waals surface area contributed by atoms with Gasteiger partial charge in [-0.25, -0.2) is 4.98 Å². The molecule has 0 radical (unpaired) electrons. The quantitative estimate of drug-likeness (QED) is 0.629. The molecule has 0 aliphatic rings. The van der Waals surface area contributed by atoms with Crippen molar-refractivity contribution in [2.45, 2.75) is 13.5 Å². The van der Waals surface area contributed by atoms with Crippen molar-refractivity contribution in [2.24, 2.45) is 0 Å². The van der Waals surface area contributed by atoms with E-state index in [4.69, 9.17) is 5.73 Å². The van der Waals surface area contributed by atoms with E-state index < -0.39 is 0 Å². The first-order valence-electron chi connectivity index (χ1n) is 3.63. The fraction of sp³-hybridized carbons (Fsp3) is 0.250. The van der Waals surface area contributed by atoms with E-state index in [1.54, 1.807) is 6.07 Å². The second-order valence-corrected chi connectivity index (χ2v) is 2.48. The maximum Gasteiger partial charge on any atom is 0.207 e. The number of hydrogen-bond acceptors (Lipinski definition) is 3. The molecule has 0 saturated carbocycles. The number of nitrogens with two attached hydrogens (primary N) is 1. The molecule has 0 fully saturated rings. The normalized spacial score (nSPS) is 9.42. The Kier molecular flexibility index (Phi) is 2.63. The number of anilines is 1. The molecule has 0 bridgehead atoms. The average Bonchev–Trinajstić information content (AvgIpc) is 2.03. The molecule has 0 saturated heterocycles. The third-order valence-electron chi connectivity index (χ3n) is 1.59. The van der Waals surface area contributed by atoms with Crippen molar-refractivity contribution < 1.29 is 4.79 Å². The summed E-state index contributed by atoms with van der Waals surface area (Å²) in [7, 11) is 0. The van der Waals surface area contributed by atoms with E-state index >= 15 is 0 Å². The van der Waals surface area contributed by atoms with Crippen LogP contribution in [0.15, 0.2) is 12.1 Å². The SMILES string of the molecule is Cc1nc(N)ccc1CNC=O. The van der Waals surface area contributed by atoms with Gasteiger partial charge in [0.25, 0.3) is 0 Å². The number of amides is 1. The zero-order valence-corrected chi connectivity index (χ0v) is 6.87. The smallest absolute Gasteiger partial charge is 0.207 e. The van der Waals surface area contributed by atoms with E-state index in [1.165, 1.54) is 0 Å². The Morgan fingerprint density at radius 3 is 3.00 bits per heavy atom. The van der Waals surface area contributed by atoms with Gasteiger partial charge in [0.1, 0.15) is 5.82 Å². The van der Waals surface area contributed by atoms with Gasteiger partial charge >= 0.3 is 0 Å². The summed E-state index contributed by atoms with van der Waals surface area (Å²) in [6, 6.07) is 3.57. The molecule has 4 nitrogen and oxygen atoms in total. The van der Waals surface area contributed by atoms with Crippen LogP contribution in [0.4, 0.5) is 5.82 Å². The zero-order chi connectivity index (χ0) is 8.97. The summed E-state index contributed by atoms with van der Waals surface area (Å²) < 4.78 is 0. The van der Waals surface area contributed by atoms with Crippen molar-refractivity contribution in [3.8, 4) is 0 Å². The molecule has 1 amide bonds. The molecule has 4 heteroatoms. The van der Waals surface area contributed by atoms with Gasteiger partial charge in [-0.05, 0) is 18.6 Å². The van der Waals surface area contributed by atoms with Gasteiger partial charge in [-0.1, -0.05) is 6.07 Å². The highest BCUT2D eigenvalue weighted by atomic mass is 16.1.